The first-order chi connectivity index (χ1) is 15.1. The molecule has 3 heterocycles. The molecule has 2 fully saturated rings. The fraction of sp³-hybridized carbons (Fsp3) is 0.696. The van der Waals surface area contributed by atoms with Gasteiger partial charge in [0.2, 0.25) is 5.82 Å². The lowest BCUT2D eigenvalue weighted by Crippen LogP contribution is -2.58. The average Bonchev–Trinajstić information content (AvgIpc) is 3.16. The highest BCUT2D eigenvalue weighted by Crippen LogP contribution is 2.35. The molecular weight excluding hydrogens is 417 g/mol. The lowest BCUT2D eigenvalue weighted by molar-refractivity contribution is -0.168. The van der Waals surface area contributed by atoms with Crippen LogP contribution < -0.4 is 0 Å². The number of ether oxygens (including phenoxy) is 3. The number of hydrogen-bond donors (Lipinski definition) is 0. The zero-order chi connectivity index (χ0) is 23.0. The van der Waals surface area contributed by atoms with Gasteiger partial charge < -0.3 is 23.6 Å². The van der Waals surface area contributed by atoms with Gasteiger partial charge in [0.05, 0.1) is 24.9 Å². The van der Waals surface area contributed by atoms with Crippen LogP contribution in [0.25, 0.3) is 5.57 Å². The standard InChI is InChI=1S/C23H32FN3O5/c1-13-6-7-17(18(24)8-13)20-25-21(32-26-20)14(2)30-19-15-9-27(10-16(19)12-29-11-15)22(28)31-23(3,4)5/h7-8,13-16,19H,6,9-12H2,1-5H3/t13?,14-,15?,16?,19?/m1/s1. The third-order valence-corrected chi connectivity index (χ3v) is 5.93. The van der Waals surface area contributed by atoms with E-state index in [-0.39, 0.29) is 41.6 Å². The summed E-state index contributed by atoms with van der Waals surface area (Å²) in [6, 6.07) is 0. The molecule has 1 amide bonds. The van der Waals surface area contributed by atoms with E-state index in [0.717, 1.165) is 6.42 Å². The molecule has 4 atom stereocenters. The van der Waals surface area contributed by atoms with Gasteiger partial charge in [-0.3, -0.25) is 0 Å². The Hall–Kier alpha value is -2.26. The SMILES string of the molecule is CC1C=C(F)C(c2noc([C@@H](C)OC3C4COCC3CN(C(=O)OC(C)(C)C)C4)n2)=CC1. The summed E-state index contributed by atoms with van der Waals surface area (Å²) in [5, 5.41) is 3.96. The Bertz CT molecular complexity index is 892. The summed E-state index contributed by atoms with van der Waals surface area (Å²) in [7, 11) is 0. The number of halogens is 1. The second-order valence-electron chi connectivity index (χ2n) is 9.99. The molecule has 3 aliphatic rings. The number of carbonyl (C=O) groups excluding carboxylic acids is 1. The highest BCUT2D eigenvalue weighted by molar-refractivity contribution is 5.73. The predicted molar refractivity (Wildman–Crippen MR) is 114 cm³/mol. The highest BCUT2D eigenvalue weighted by atomic mass is 19.1. The number of amides is 1. The fourth-order valence-corrected chi connectivity index (χ4v) is 4.41. The van der Waals surface area contributed by atoms with Crippen LogP contribution in [-0.2, 0) is 14.2 Å². The fourth-order valence-electron chi connectivity index (χ4n) is 4.41. The van der Waals surface area contributed by atoms with E-state index >= 15 is 0 Å². The number of aromatic nitrogens is 2. The van der Waals surface area contributed by atoms with Crippen LogP contribution in [0.1, 0.15) is 58.9 Å². The van der Waals surface area contributed by atoms with Crippen LogP contribution in [0.3, 0.4) is 0 Å². The first-order valence-corrected chi connectivity index (χ1v) is 11.2. The molecule has 176 valence electrons. The molecule has 9 heteroatoms. The maximum absolute atomic E-state index is 14.3. The third kappa shape index (κ3) is 5.04. The van der Waals surface area contributed by atoms with E-state index in [0.29, 0.717) is 37.8 Å². The Kier molecular flexibility index (Phi) is 6.40. The van der Waals surface area contributed by atoms with Gasteiger partial charge in [-0.1, -0.05) is 18.2 Å². The Morgan fingerprint density at radius 1 is 1.28 bits per heavy atom. The van der Waals surface area contributed by atoms with Gasteiger partial charge in [-0.25, -0.2) is 9.18 Å². The summed E-state index contributed by atoms with van der Waals surface area (Å²) >= 11 is 0. The van der Waals surface area contributed by atoms with Gasteiger partial charge in [0, 0.05) is 24.9 Å². The van der Waals surface area contributed by atoms with Crippen molar-refractivity contribution >= 4 is 11.7 Å². The lowest BCUT2D eigenvalue weighted by Gasteiger charge is -2.47. The molecule has 2 bridgehead atoms. The normalized spacial score (nSPS) is 29.2. The Morgan fingerprint density at radius 2 is 1.97 bits per heavy atom. The van der Waals surface area contributed by atoms with Crippen LogP contribution in [0.15, 0.2) is 22.5 Å². The molecule has 8 nitrogen and oxygen atoms in total. The summed E-state index contributed by atoms with van der Waals surface area (Å²) in [4.78, 5) is 18.7. The van der Waals surface area contributed by atoms with Crippen molar-refractivity contribution in [2.24, 2.45) is 17.8 Å². The van der Waals surface area contributed by atoms with Crippen molar-refractivity contribution in [2.45, 2.75) is 58.8 Å². The molecule has 1 aromatic heterocycles. The second-order valence-corrected chi connectivity index (χ2v) is 9.99. The van der Waals surface area contributed by atoms with Gasteiger partial charge in [-0.15, -0.1) is 0 Å². The van der Waals surface area contributed by atoms with Crippen molar-refractivity contribution in [1.82, 2.24) is 15.0 Å². The largest absolute Gasteiger partial charge is 0.444 e. The predicted octanol–water partition coefficient (Wildman–Crippen LogP) is 4.31. The minimum absolute atomic E-state index is 0.0165. The van der Waals surface area contributed by atoms with E-state index < -0.39 is 11.7 Å². The average molecular weight is 450 g/mol. The van der Waals surface area contributed by atoms with Crippen molar-refractivity contribution in [1.29, 1.82) is 0 Å². The number of allylic oxidation sites excluding steroid dienone is 4. The van der Waals surface area contributed by atoms with Gasteiger partial charge in [-0.05, 0) is 46.1 Å². The topological polar surface area (TPSA) is 86.9 Å². The molecule has 0 aromatic carbocycles. The van der Waals surface area contributed by atoms with Crippen LogP contribution in [0, 0.1) is 17.8 Å². The molecular formula is C23H32FN3O5. The highest BCUT2D eigenvalue weighted by Gasteiger charge is 2.44. The number of fused-ring (bicyclic) bond motifs is 2. The minimum atomic E-state index is -0.541. The molecule has 0 N–H and O–H groups in total. The summed E-state index contributed by atoms with van der Waals surface area (Å²) in [5.41, 5.74) is -0.179. The van der Waals surface area contributed by atoms with E-state index in [1.807, 2.05) is 34.6 Å². The zero-order valence-corrected chi connectivity index (χ0v) is 19.3. The van der Waals surface area contributed by atoms with Crippen molar-refractivity contribution in [3.05, 3.63) is 29.7 Å². The number of nitrogens with zero attached hydrogens (tertiary/aromatic N) is 3. The first kappa shape index (κ1) is 22.9. The van der Waals surface area contributed by atoms with Crippen molar-refractivity contribution in [3.63, 3.8) is 0 Å². The lowest BCUT2D eigenvalue weighted by atomic mass is 9.84. The maximum Gasteiger partial charge on any atom is 0.410 e. The number of hydrogen-bond acceptors (Lipinski definition) is 7. The number of rotatable bonds is 4. The third-order valence-electron chi connectivity index (χ3n) is 5.93. The number of likely N-dealkylation sites (tertiary alicyclic amines) is 1. The summed E-state index contributed by atoms with van der Waals surface area (Å²) in [5.74, 6) is 0.400. The van der Waals surface area contributed by atoms with E-state index in [2.05, 4.69) is 10.1 Å². The van der Waals surface area contributed by atoms with Crippen LogP contribution in [0.4, 0.5) is 9.18 Å². The molecule has 0 spiro atoms. The summed E-state index contributed by atoms with van der Waals surface area (Å²) in [6.07, 6.45) is 3.22. The first-order valence-electron chi connectivity index (χ1n) is 11.2. The number of piperidine rings is 1. The Labute approximate surface area is 187 Å². The molecule has 2 aliphatic heterocycles. The molecule has 3 unspecified atom stereocenters. The molecule has 4 rings (SSSR count). The van der Waals surface area contributed by atoms with Crippen molar-refractivity contribution in [2.75, 3.05) is 26.3 Å². The zero-order valence-electron chi connectivity index (χ0n) is 19.3. The van der Waals surface area contributed by atoms with Crippen LogP contribution in [0.5, 0.6) is 0 Å². The minimum Gasteiger partial charge on any atom is -0.444 e. The molecule has 0 saturated carbocycles. The monoisotopic (exact) mass is 449 g/mol. The van der Waals surface area contributed by atoms with Gasteiger partial charge >= 0.3 is 6.09 Å². The summed E-state index contributed by atoms with van der Waals surface area (Å²) in [6.45, 7) is 11.4. The molecule has 1 aliphatic carbocycles. The smallest absolute Gasteiger partial charge is 0.410 e. The van der Waals surface area contributed by atoms with Crippen LogP contribution >= 0.6 is 0 Å². The van der Waals surface area contributed by atoms with Crippen LogP contribution in [-0.4, -0.2) is 59.1 Å². The van der Waals surface area contributed by atoms with Crippen molar-refractivity contribution in [3.8, 4) is 0 Å². The van der Waals surface area contributed by atoms with E-state index in [1.54, 1.807) is 17.1 Å². The van der Waals surface area contributed by atoms with Crippen molar-refractivity contribution < 1.29 is 27.9 Å². The van der Waals surface area contributed by atoms with E-state index in [1.165, 1.54) is 0 Å². The van der Waals surface area contributed by atoms with E-state index in [9.17, 15) is 9.18 Å². The quantitative estimate of drug-likeness (QED) is 0.677. The summed E-state index contributed by atoms with van der Waals surface area (Å²) < 4.78 is 37.3. The molecule has 32 heavy (non-hydrogen) atoms. The molecule has 0 radical (unpaired) electrons. The second kappa shape index (κ2) is 8.94. The Morgan fingerprint density at radius 3 is 2.59 bits per heavy atom. The van der Waals surface area contributed by atoms with E-state index in [4.69, 9.17) is 18.7 Å². The van der Waals surface area contributed by atoms with Gasteiger partial charge in [-0.2, -0.15) is 4.98 Å². The van der Waals surface area contributed by atoms with Gasteiger partial charge in [0.25, 0.3) is 5.89 Å². The number of carbonyl (C=O) groups is 1. The molecule has 2 saturated heterocycles. The Balaban J connectivity index is 1.41. The molecule has 1 aromatic rings. The maximum atomic E-state index is 14.3. The van der Waals surface area contributed by atoms with Gasteiger partial charge in [0.15, 0.2) is 0 Å². The van der Waals surface area contributed by atoms with Crippen LogP contribution in [0.2, 0.25) is 0 Å². The van der Waals surface area contributed by atoms with Gasteiger partial charge in [0.1, 0.15) is 17.5 Å².